The summed E-state index contributed by atoms with van der Waals surface area (Å²) in [6, 6.07) is 2.50. The van der Waals surface area contributed by atoms with Crippen molar-refractivity contribution in [3.8, 4) is 0 Å². The summed E-state index contributed by atoms with van der Waals surface area (Å²) in [5.41, 5.74) is 0.229. The van der Waals surface area contributed by atoms with Crippen molar-refractivity contribution in [3.63, 3.8) is 0 Å². The molecule has 0 radical (unpaired) electrons. The molecule has 2 rings (SSSR count). The van der Waals surface area contributed by atoms with Gasteiger partial charge in [0.15, 0.2) is 17.3 Å². The normalized spacial score (nSPS) is 16.3. The van der Waals surface area contributed by atoms with Crippen LogP contribution in [0, 0.1) is 18.6 Å². The van der Waals surface area contributed by atoms with Crippen LogP contribution >= 0.6 is 0 Å². The van der Waals surface area contributed by atoms with Gasteiger partial charge in [0, 0.05) is 13.1 Å². The fourth-order valence-electron chi connectivity index (χ4n) is 1.69. The number of aryl methyl sites for hydroxylation is 1. The van der Waals surface area contributed by atoms with Gasteiger partial charge in [-0.3, -0.25) is 5.01 Å². The van der Waals surface area contributed by atoms with Crippen LogP contribution in [0.25, 0.3) is 0 Å². The highest BCUT2D eigenvalue weighted by Gasteiger charge is 2.12. The van der Waals surface area contributed by atoms with E-state index in [9.17, 15) is 8.78 Å². The van der Waals surface area contributed by atoms with Crippen molar-refractivity contribution in [2.75, 3.05) is 13.1 Å². The van der Waals surface area contributed by atoms with Gasteiger partial charge in [0.1, 0.15) is 0 Å². The summed E-state index contributed by atoms with van der Waals surface area (Å²) in [5.74, 6) is -1.33. The van der Waals surface area contributed by atoms with Gasteiger partial charge in [-0.25, -0.2) is 8.78 Å². The highest BCUT2D eigenvalue weighted by Crippen LogP contribution is 2.24. The lowest BCUT2D eigenvalue weighted by molar-refractivity contribution is 0.335. The standard InChI is InChI=1S/C11H13F2N3/c1-8-6-9(12)11(10(13)7-8)14-15-16-4-2-3-5-16/h6-7H,2-5H2,1H3/b15-14+. The maximum Gasteiger partial charge on any atom is 0.159 e. The Morgan fingerprint density at radius 3 is 2.25 bits per heavy atom. The lowest BCUT2D eigenvalue weighted by Crippen LogP contribution is -2.09. The van der Waals surface area contributed by atoms with E-state index in [-0.39, 0.29) is 5.69 Å². The first-order chi connectivity index (χ1) is 7.66. The molecule has 0 amide bonds. The van der Waals surface area contributed by atoms with Crippen LogP contribution in [0.4, 0.5) is 14.5 Å². The highest BCUT2D eigenvalue weighted by atomic mass is 19.1. The van der Waals surface area contributed by atoms with Crippen molar-refractivity contribution >= 4 is 5.69 Å². The molecule has 1 heterocycles. The van der Waals surface area contributed by atoms with E-state index < -0.39 is 11.6 Å². The minimum Gasteiger partial charge on any atom is -0.278 e. The number of hydrogen-bond donors (Lipinski definition) is 0. The third kappa shape index (κ3) is 2.35. The van der Waals surface area contributed by atoms with Gasteiger partial charge in [0.25, 0.3) is 0 Å². The summed E-state index contributed by atoms with van der Waals surface area (Å²) in [7, 11) is 0. The van der Waals surface area contributed by atoms with Crippen LogP contribution in [-0.2, 0) is 0 Å². The molecule has 1 aliphatic rings. The fraction of sp³-hybridized carbons (Fsp3) is 0.455. The molecule has 1 fully saturated rings. The molecule has 0 saturated carbocycles. The molecule has 86 valence electrons. The van der Waals surface area contributed by atoms with Crippen LogP contribution in [0.2, 0.25) is 0 Å². The van der Waals surface area contributed by atoms with E-state index in [1.807, 2.05) is 0 Å². The largest absolute Gasteiger partial charge is 0.278 e. The Bertz CT molecular complexity index is 389. The lowest BCUT2D eigenvalue weighted by atomic mass is 10.2. The first-order valence-electron chi connectivity index (χ1n) is 5.29. The van der Waals surface area contributed by atoms with Crippen molar-refractivity contribution in [3.05, 3.63) is 29.3 Å². The molecular weight excluding hydrogens is 212 g/mol. The molecule has 16 heavy (non-hydrogen) atoms. The fourth-order valence-corrected chi connectivity index (χ4v) is 1.69. The average molecular weight is 225 g/mol. The first kappa shape index (κ1) is 11.0. The lowest BCUT2D eigenvalue weighted by Gasteiger charge is -2.07. The summed E-state index contributed by atoms with van der Waals surface area (Å²) in [6.07, 6.45) is 2.11. The predicted molar refractivity (Wildman–Crippen MR) is 56.4 cm³/mol. The van der Waals surface area contributed by atoms with Crippen LogP contribution in [0.1, 0.15) is 18.4 Å². The van der Waals surface area contributed by atoms with Crippen molar-refractivity contribution in [2.24, 2.45) is 10.3 Å². The van der Waals surface area contributed by atoms with Gasteiger partial charge in [-0.2, -0.15) is 0 Å². The quantitative estimate of drug-likeness (QED) is 0.709. The minimum atomic E-state index is -0.666. The van der Waals surface area contributed by atoms with Gasteiger partial charge in [0.05, 0.1) is 0 Å². The van der Waals surface area contributed by atoms with Gasteiger partial charge in [0.2, 0.25) is 0 Å². The Balaban J connectivity index is 2.20. The third-order valence-corrected chi connectivity index (χ3v) is 2.51. The van der Waals surface area contributed by atoms with E-state index in [0.29, 0.717) is 5.56 Å². The smallest absolute Gasteiger partial charge is 0.159 e. The molecule has 1 saturated heterocycles. The van der Waals surface area contributed by atoms with Crippen LogP contribution < -0.4 is 0 Å². The number of hydrogen-bond acceptors (Lipinski definition) is 2. The molecule has 1 aromatic rings. The maximum absolute atomic E-state index is 13.4. The zero-order valence-electron chi connectivity index (χ0n) is 9.08. The number of nitrogens with zero attached hydrogens (tertiary/aromatic N) is 3. The van der Waals surface area contributed by atoms with E-state index in [4.69, 9.17) is 0 Å². The summed E-state index contributed by atoms with van der Waals surface area (Å²) in [5, 5.41) is 9.17. The van der Waals surface area contributed by atoms with Crippen LogP contribution in [-0.4, -0.2) is 18.1 Å². The highest BCUT2D eigenvalue weighted by molar-refractivity contribution is 5.41. The predicted octanol–water partition coefficient (Wildman–Crippen LogP) is 3.37. The summed E-state index contributed by atoms with van der Waals surface area (Å²) >= 11 is 0. The molecule has 5 heteroatoms. The molecule has 0 N–H and O–H groups in total. The molecule has 0 spiro atoms. The molecule has 3 nitrogen and oxygen atoms in total. The number of benzene rings is 1. The van der Waals surface area contributed by atoms with E-state index in [1.54, 1.807) is 11.9 Å². The van der Waals surface area contributed by atoms with Gasteiger partial charge < -0.3 is 0 Å². The second kappa shape index (κ2) is 4.55. The molecule has 1 aliphatic heterocycles. The number of halogens is 2. The van der Waals surface area contributed by atoms with Crippen LogP contribution in [0.15, 0.2) is 22.5 Å². The Morgan fingerprint density at radius 2 is 1.69 bits per heavy atom. The van der Waals surface area contributed by atoms with Crippen molar-refractivity contribution in [1.82, 2.24) is 5.01 Å². The zero-order chi connectivity index (χ0) is 11.5. The van der Waals surface area contributed by atoms with Crippen molar-refractivity contribution in [1.29, 1.82) is 0 Å². The summed E-state index contributed by atoms with van der Waals surface area (Å²) in [6.45, 7) is 3.24. The summed E-state index contributed by atoms with van der Waals surface area (Å²) < 4.78 is 26.7. The van der Waals surface area contributed by atoms with Crippen LogP contribution in [0.3, 0.4) is 0 Å². The molecule has 0 bridgehead atoms. The summed E-state index contributed by atoms with van der Waals surface area (Å²) in [4.78, 5) is 0. The molecule has 0 unspecified atom stereocenters. The molecule has 0 aliphatic carbocycles. The van der Waals surface area contributed by atoms with E-state index in [1.165, 1.54) is 12.1 Å². The minimum absolute atomic E-state index is 0.308. The van der Waals surface area contributed by atoms with E-state index in [0.717, 1.165) is 25.9 Å². The Morgan fingerprint density at radius 1 is 1.12 bits per heavy atom. The molecular formula is C11H13F2N3. The Hall–Kier alpha value is -1.52. The molecule has 0 atom stereocenters. The Labute approximate surface area is 92.8 Å². The molecule has 0 aromatic heterocycles. The average Bonchev–Trinajstić information content (AvgIpc) is 2.68. The first-order valence-corrected chi connectivity index (χ1v) is 5.29. The second-order valence-electron chi connectivity index (χ2n) is 3.93. The second-order valence-corrected chi connectivity index (χ2v) is 3.93. The van der Waals surface area contributed by atoms with E-state index >= 15 is 0 Å². The zero-order valence-corrected chi connectivity index (χ0v) is 9.08. The number of rotatable bonds is 2. The van der Waals surface area contributed by atoms with Crippen molar-refractivity contribution in [2.45, 2.75) is 19.8 Å². The Kier molecular flexibility index (Phi) is 3.12. The third-order valence-electron chi connectivity index (χ3n) is 2.51. The maximum atomic E-state index is 13.4. The van der Waals surface area contributed by atoms with Crippen LogP contribution in [0.5, 0.6) is 0 Å². The van der Waals surface area contributed by atoms with Gasteiger partial charge >= 0.3 is 0 Å². The van der Waals surface area contributed by atoms with Gasteiger partial charge in [-0.1, -0.05) is 5.22 Å². The monoisotopic (exact) mass is 225 g/mol. The SMILES string of the molecule is Cc1cc(F)c(/N=N/N2CCCC2)c(F)c1. The van der Waals surface area contributed by atoms with Gasteiger partial charge in [-0.05, 0) is 37.5 Å². The molecule has 1 aromatic carbocycles. The van der Waals surface area contributed by atoms with E-state index in [2.05, 4.69) is 10.3 Å². The van der Waals surface area contributed by atoms with Gasteiger partial charge in [-0.15, -0.1) is 5.11 Å². The topological polar surface area (TPSA) is 28.0 Å². The van der Waals surface area contributed by atoms with Crippen molar-refractivity contribution < 1.29 is 8.78 Å².